The van der Waals surface area contributed by atoms with Crippen molar-refractivity contribution in [1.82, 2.24) is 15.2 Å². The van der Waals surface area contributed by atoms with Gasteiger partial charge in [-0.25, -0.2) is 4.98 Å². The molecule has 3 rings (SSSR count). The van der Waals surface area contributed by atoms with Crippen LogP contribution in [0.25, 0.3) is 0 Å². The molecule has 1 aromatic carbocycles. The van der Waals surface area contributed by atoms with E-state index in [4.69, 9.17) is 4.74 Å². The lowest BCUT2D eigenvalue weighted by molar-refractivity contribution is 0.151. The van der Waals surface area contributed by atoms with Gasteiger partial charge in [-0.3, -0.25) is 4.90 Å². The lowest BCUT2D eigenvalue weighted by atomic mass is 10.0. The van der Waals surface area contributed by atoms with E-state index in [1.807, 2.05) is 23.7 Å². The molecule has 1 N–H and O–H groups in total. The van der Waals surface area contributed by atoms with Crippen LogP contribution in [0.15, 0.2) is 35.8 Å². The van der Waals surface area contributed by atoms with E-state index < -0.39 is 0 Å². The highest BCUT2D eigenvalue weighted by Gasteiger charge is 2.26. The first-order chi connectivity index (χ1) is 9.88. The Morgan fingerprint density at radius 2 is 2.35 bits per heavy atom. The van der Waals surface area contributed by atoms with Gasteiger partial charge in [0.2, 0.25) is 0 Å². The summed E-state index contributed by atoms with van der Waals surface area (Å²) in [6, 6.07) is 8.62. The topological polar surface area (TPSA) is 37.4 Å². The Labute approximate surface area is 123 Å². The van der Waals surface area contributed by atoms with E-state index in [1.54, 1.807) is 18.4 Å². The van der Waals surface area contributed by atoms with Crippen LogP contribution in [0.2, 0.25) is 0 Å². The molecule has 1 saturated heterocycles. The second-order valence-electron chi connectivity index (χ2n) is 4.86. The fourth-order valence-electron chi connectivity index (χ4n) is 2.69. The van der Waals surface area contributed by atoms with Crippen LogP contribution in [-0.4, -0.2) is 36.6 Å². The molecular weight excluding hydrogens is 270 g/mol. The van der Waals surface area contributed by atoms with Crippen molar-refractivity contribution < 1.29 is 4.74 Å². The van der Waals surface area contributed by atoms with Crippen molar-refractivity contribution in [3.8, 4) is 5.75 Å². The summed E-state index contributed by atoms with van der Waals surface area (Å²) < 4.78 is 5.51. The Balaban J connectivity index is 1.84. The quantitative estimate of drug-likeness (QED) is 0.937. The van der Waals surface area contributed by atoms with Crippen molar-refractivity contribution in [3.63, 3.8) is 0 Å². The number of hydrogen-bond acceptors (Lipinski definition) is 5. The molecular formula is C15H19N3OS. The molecule has 4 nitrogen and oxygen atoms in total. The van der Waals surface area contributed by atoms with Crippen LogP contribution in [0, 0.1) is 0 Å². The van der Waals surface area contributed by atoms with Crippen molar-refractivity contribution in [2.75, 3.05) is 26.7 Å². The molecule has 0 saturated carbocycles. The van der Waals surface area contributed by atoms with Gasteiger partial charge in [0.05, 0.1) is 19.7 Å². The van der Waals surface area contributed by atoms with Gasteiger partial charge in [0, 0.05) is 36.8 Å². The van der Waals surface area contributed by atoms with Gasteiger partial charge in [0.25, 0.3) is 0 Å². The largest absolute Gasteiger partial charge is 0.496 e. The Morgan fingerprint density at radius 3 is 3.15 bits per heavy atom. The molecule has 0 spiro atoms. The molecule has 0 bridgehead atoms. The highest BCUT2D eigenvalue weighted by Crippen LogP contribution is 2.31. The Hall–Kier alpha value is -1.43. The highest BCUT2D eigenvalue weighted by atomic mass is 32.1. The number of methoxy groups -OCH3 is 1. The third-order valence-electron chi connectivity index (χ3n) is 3.67. The summed E-state index contributed by atoms with van der Waals surface area (Å²) in [5, 5.41) is 6.69. The number of para-hydroxylation sites is 1. The normalized spacial score (nSPS) is 19.9. The first-order valence-electron chi connectivity index (χ1n) is 6.84. The molecule has 0 aliphatic carbocycles. The van der Waals surface area contributed by atoms with Gasteiger partial charge in [-0.05, 0) is 6.07 Å². The van der Waals surface area contributed by atoms with E-state index in [-0.39, 0.29) is 0 Å². The molecule has 0 unspecified atom stereocenters. The molecule has 1 aliphatic heterocycles. The number of piperazine rings is 1. The SMILES string of the molecule is COc1ccccc1[C@H]1CNCCN1Cc1nccs1. The molecule has 1 atom stereocenters. The molecule has 0 amide bonds. The molecule has 0 radical (unpaired) electrons. The summed E-state index contributed by atoms with van der Waals surface area (Å²) in [6.45, 7) is 3.91. The number of aromatic nitrogens is 1. The maximum atomic E-state index is 5.51. The second kappa shape index (κ2) is 6.35. The molecule has 1 aliphatic rings. The van der Waals surface area contributed by atoms with E-state index in [2.05, 4.69) is 27.3 Å². The van der Waals surface area contributed by atoms with Gasteiger partial charge in [-0.15, -0.1) is 11.3 Å². The van der Waals surface area contributed by atoms with E-state index in [1.165, 1.54) is 10.6 Å². The van der Waals surface area contributed by atoms with Crippen LogP contribution in [-0.2, 0) is 6.54 Å². The number of nitrogens with zero attached hydrogens (tertiary/aromatic N) is 2. The fourth-order valence-corrected chi connectivity index (χ4v) is 3.33. The van der Waals surface area contributed by atoms with Crippen LogP contribution >= 0.6 is 11.3 Å². The van der Waals surface area contributed by atoms with Crippen molar-refractivity contribution in [3.05, 3.63) is 46.4 Å². The highest BCUT2D eigenvalue weighted by molar-refractivity contribution is 7.09. The third kappa shape index (κ3) is 2.85. The number of thiazole rings is 1. The fraction of sp³-hybridized carbons (Fsp3) is 0.400. The first-order valence-corrected chi connectivity index (χ1v) is 7.72. The van der Waals surface area contributed by atoms with E-state index in [0.717, 1.165) is 31.9 Å². The lowest BCUT2D eigenvalue weighted by Crippen LogP contribution is -2.45. The minimum atomic E-state index is 0.337. The number of nitrogens with one attached hydrogen (secondary N) is 1. The maximum Gasteiger partial charge on any atom is 0.123 e. The van der Waals surface area contributed by atoms with Crippen LogP contribution in [0.3, 0.4) is 0 Å². The van der Waals surface area contributed by atoms with Gasteiger partial charge in [-0.2, -0.15) is 0 Å². The standard InChI is InChI=1S/C15H19N3OS/c1-19-14-5-3-2-4-12(14)13-10-16-6-8-18(13)11-15-17-7-9-20-15/h2-5,7,9,13,16H,6,8,10-11H2,1H3/t13-/m1/s1. The molecule has 1 aromatic heterocycles. The lowest BCUT2D eigenvalue weighted by Gasteiger charge is -2.36. The molecule has 20 heavy (non-hydrogen) atoms. The average Bonchev–Trinajstić information content (AvgIpc) is 3.01. The zero-order chi connectivity index (χ0) is 13.8. The van der Waals surface area contributed by atoms with E-state index in [9.17, 15) is 0 Å². The first kappa shape index (κ1) is 13.5. The van der Waals surface area contributed by atoms with E-state index >= 15 is 0 Å². The van der Waals surface area contributed by atoms with E-state index in [0.29, 0.717) is 6.04 Å². The van der Waals surface area contributed by atoms with Crippen molar-refractivity contribution in [2.45, 2.75) is 12.6 Å². The van der Waals surface area contributed by atoms with Crippen molar-refractivity contribution in [2.24, 2.45) is 0 Å². The molecule has 2 aromatic rings. The molecule has 1 fully saturated rings. The number of ether oxygens (including phenoxy) is 1. The Morgan fingerprint density at radius 1 is 1.45 bits per heavy atom. The Kier molecular flexibility index (Phi) is 4.30. The minimum absolute atomic E-state index is 0.337. The number of rotatable bonds is 4. The molecule has 2 heterocycles. The van der Waals surface area contributed by atoms with Gasteiger partial charge in [-0.1, -0.05) is 18.2 Å². The summed E-state index contributed by atoms with van der Waals surface area (Å²) in [6.07, 6.45) is 1.88. The maximum absolute atomic E-state index is 5.51. The minimum Gasteiger partial charge on any atom is -0.496 e. The predicted octanol–water partition coefficient (Wildman–Crippen LogP) is 2.30. The van der Waals surface area contributed by atoms with Gasteiger partial charge in [0.1, 0.15) is 10.8 Å². The van der Waals surface area contributed by atoms with Crippen LogP contribution in [0.4, 0.5) is 0 Å². The van der Waals surface area contributed by atoms with Gasteiger partial charge >= 0.3 is 0 Å². The number of benzene rings is 1. The van der Waals surface area contributed by atoms with Crippen molar-refractivity contribution >= 4 is 11.3 Å². The molecule has 5 heteroatoms. The Bertz CT molecular complexity index is 544. The van der Waals surface area contributed by atoms with Crippen LogP contribution in [0.1, 0.15) is 16.6 Å². The monoisotopic (exact) mass is 289 g/mol. The zero-order valence-corrected chi connectivity index (χ0v) is 12.4. The zero-order valence-electron chi connectivity index (χ0n) is 11.6. The van der Waals surface area contributed by atoms with Crippen LogP contribution in [0.5, 0.6) is 5.75 Å². The van der Waals surface area contributed by atoms with Gasteiger partial charge in [0.15, 0.2) is 0 Å². The number of hydrogen-bond donors (Lipinski definition) is 1. The summed E-state index contributed by atoms with van der Waals surface area (Å²) in [4.78, 5) is 6.89. The summed E-state index contributed by atoms with van der Waals surface area (Å²) in [5.74, 6) is 0.963. The second-order valence-corrected chi connectivity index (χ2v) is 5.84. The van der Waals surface area contributed by atoms with Gasteiger partial charge < -0.3 is 10.1 Å². The average molecular weight is 289 g/mol. The van der Waals surface area contributed by atoms with Crippen molar-refractivity contribution in [1.29, 1.82) is 0 Å². The summed E-state index contributed by atoms with van der Waals surface area (Å²) in [5.41, 5.74) is 1.25. The molecule has 106 valence electrons. The predicted molar refractivity (Wildman–Crippen MR) is 81.1 cm³/mol. The summed E-state index contributed by atoms with van der Waals surface area (Å²) in [7, 11) is 1.74. The smallest absolute Gasteiger partial charge is 0.123 e. The third-order valence-corrected chi connectivity index (χ3v) is 4.44. The summed E-state index contributed by atoms with van der Waals surface area (Å²) >= 11 is 1.72. The van der Waals surface area contributed by atoms with Crippen LogP contribution < -0.4 is 10.1 Å².